The summed E-state index contributed by atoms with van der Waals surface area (Å²) >= 11 is 0. The summed E-state index contributed by atoms with van der Waals surface area (Å²) in [6.07, 6.45) is 3.66. The SMILES string of the molecule is CCCCOc1ncccc1CNC(=O)Cn1c(=O)n(CC)c2ccccc21. The van der Waals surface area contributed by atoms with Crippen LogP contribution in [0.3, 0.4) is 0 Å². The summed E-state index contributed by atoms with van der Waals surface area (Å²) in [7, 11) is 0. The molecular weight excluding hydrogens is 356 g/mol. The number of carbonyl (C=O) groups is 1. The maximum Gasteiger partial charge on any atom is 0.329 e. The molecule has 7 nitrogen and oxygen atoms in total. The number of aryl methyl sites for hydroxylation is 1. The number of fused-ring (bicyclic) bond motifs is 1. The minimum Gasteiger partial charge on any atom is -0.477 e. The van der Waals surface area contributed by atoms with E-state index >= 15 is 0 Å². The van der Waals surface area contributed by atoms with Crippen molar-refractivity contribution >= 4 is 16.9 Å². The zero-order valence-electron chi connectivity index (χ0n) is 16.4. The molecule has 0 radical (unpaired) electrons. The molecule has 1 N–H and O–H groups in total. The first-order valence-electron chi connectivity index (χ1n) is 9.67. The van der Waals surface area contributed by atoms with Crippen LogP contribution in [0.25, 0.3) is 11.0 Å². The van der Waals surface area contributed by atoms with Crippen molar-refractivity contribution in [1.82, 2.24) is 19.4 Å². The molecule has 28 heavy (non-hydrogen) atoms. The van der Waals surface area contributed by atoms with E-state index in [-0.39, 0.29) is 18.1 Å². The summed E-state index contributed by atoms with van der Waals surface area (Å²) in [6, 6.07) is 11.2. The van der Waals surface area contributed by atoms with Crippen LogP contribution in [0, 0.1) is 0 Å². The summed E-state index contributed by atoms with van der Waals surface area (Å²) in [4.78, 5) is 29.4. The van der Waals surface area contributed by atoms with Gasteiger partial charge in [0.25, 0.3) is 0 Å². The van der Waals surface area contributed by atoms with Crippen LogP contribution < -0.4 is 15.7 Å². The molecule has 0 aliphatic carbocycles. The first-order chi connectivity index (χ1) is 13.7. The Morgan fingerprint density at radius 2 is 1.86 bits per heavy atom. The Balaban J connectivity index is 1.70. The molecule has 0 spiro atoms. The summed E-state index contributed by atoms with van der Waals surface area (Å²) in [5.41, 5.74) is 2.23. The van der Waals surface area contributed by atoms with Crippen molar-refractivity contribution < 1.29 is 9.53 Å². The smallest absolute Gasteiger partial charge is 0.329 e. The summed E-state index contributed by atoms with van der Waals surface area (Å²) in [6.45, 7) is 5.44. The molecule has 2 heterocycles. The second-order valence-corrected chi connectivity index (χ2v) is 6.55. The van der Waals surface area contributed by atoms with E-state index in [9.17, 15) is 9.59 Å². The number of nitrogens with one attached hydrogen (secondary N) is 1. The van der Waals surface area contributed by atoms with Crippen LogP contribution in [0.4, 0.5) is 0 Å². The number of nitrogens with zero attached hydrogens (tertiary/aromatic N) is 3. The number of ether oxygens (including phenoxy) is 1. The Bertz CT molecular complexity index is 1010. The third-order valence-corrected chi connectivity index (χ3v) is 4.61. The van der Waals surface area contributed by atoms with Gasteiger partial charge in [0.15, 0.2) is 0 Å². The lowest BCUT2D eigenvalue weighted by atomic mass is 10.2. The van der Waals surface area contributed by atoms with E-state index < -0.39 is 0 Å². The molecule has 7 heteroatoms. The summed E-state index contributed by atoms with van der Waals surface area (Å²) in [5.74, 6) is 0.306. The summed E-state index contributed by atoms with van der Waals surface area (Å²) < 4.78 is 8.88. The fourth-order valence-corrected chi connectivity index (χ4v) is 3.13. The van der Waals surface area contributed by atoms with Gasteiger partial charge in [-0.1, -0.05) is 31.5 Å². The molecule has 0 saturated carbocycles. The van der Waals surface area contributed by atoms with Crippen LogP contribution in [0.2, 0.25) is 0 Å². The lowest BCUT2D eigenvalue weighted by Gasteiger charge is -2.11. The van der Waals surface area contributed by atoms with Gasteiger partial charge in [0.2, 0.25) is 11.8 Å². The van der Waals surface area contributed by atoms with Crippen molar-refractivity contribution in [2.75, 3.05) is 6.61 Å². The molecule has 3 aromatic rings. The molecule has 148 valence electrons. The third-order valence-electron chi connectivity index (χ3n) is 4.61. The van der Waals surface area contributed by atoms with Gasteiger partial charge in [0, 0.05) is 24.8 Å². The van der Waals surface area contributed by atoms with E-state index in [0.29, 0.717) is 25.6 Å². The van der Waals surface area contributed by atoms with Gasteiger partial charge in [-0.05, 0) is 31.5 Å². The molecule has 3 rings (SSSR count). The van der Waals surface area contributed by atoms with Gasteiger partial charge in [-0.2, -0.15) is 0 Å². The van der Waals surface area contributed by atoms with E-state index in [1.807, 2.05) is 43.3 Å². The monoisotopic (exact) mass is 382 g/mol. The van der Waals surface area contributed by atoms with Crippen molar-refractivity contribution in [2.45, 2.75) is 46.3 Å². The molecule has 0 fully saturated rings. The Hall–Kier alpha value is -3.09. The molecular formula is C21H26N4O3. The highest BCUT2D eigenvalue weighted by Crippen LogP contribution is 2.15. The maximum atomic E-state index is 12.6. The Morgan fingerprint density at radius 3 is 2.57 bits per heavy atom. The zero-order valence-corrected chi connectivity index (χ0v) is 16.4. The largest absolute Gasteiger partial charge is 0.477 e. The number of para-hydroxylation sites is 2. The molecule has 0 bridgehead atoms. The van der Waals surface area contributed by atoms with Gasteiger partial charge in [-0.3, -0.25) is 13.9 Å². The van der Waals surface area contributed by atoms with Gasteiger partial charge < -0.3 is 10.1 Å². The highest BCUT2D eigenvalue weighted by Gasteiger charge is 2.14. The zero-order chi connectivity index (χ0) is 19.9. The van der Waals surface area contributed by atoms with E-state index in [1.165, 1.54) is 4.57 Å². The van der Waals surface area contributed by atoms with E-state index in [2.05, 4.69) is 17.2 Å². The number of hydrogen-bond acceptors (Lipinski definition) is 4. The Morgan fingerprint density at radius 1 is 1.11 bits per heavy atom. The quantitative estimate of drug-likeness (QED) is 0.577. The minimum absolute atomic E-state index is 0.0291. The second kappa shape index (κ2) is 9.21. The number of unbranched alkanes of at least 4 members (excludes halogenated alkanes) is 1. The Kier molecular flexibility index (Phi) is 6.47. The fourth-order valence-electron chi connectivity index (χ4n) is 3.13. The van der Waals surface area contributed by atoms with E-state index in [1.54, 1.807) is 10.8 Å². The maximum absolute atomic E-state index is 12.6. The van der Waals surface area contributed by atoms with Crippen LogP contribution in [0.1, 0.15) is 32.3 Å². The molecule has 0 atom stereocenters. The van der Waals surface area contributed by atoms with Gasteiger partial charge in [-0.15, -0.1) is 0 Å². The number of amides is 1. The highest BCUT2D eigenvalue weighted by atomic mass is 16.5. The number of benzene rings is 1. The normalized spacial score (nSPS) is 10.9. The standard InChI is InChI=1S/C21H26N4O3/c1-3-5-13-28-20-16(9-8-12-22-20)14-23-19(26)15-25-18-11-7-6-10-17(18)24(4-2)21(25)27/h6-12H,3-5,13-15H2,1-2H3,(H,23,26). The van der Waals surface area contributed by atoms with Crippen LogP contribution in [-0.2, 0) is 24.4 Å². The molecule has 2 aromatic heterocycles. The molecule has 0 saturated heterocycles. The van der Waals surface area contributed by atoms with Crippen LogP contribution in [0.15, 0.2) is 47.4 Å². The second-order valence-electron chi connectivity index (χ2n) is 6.55. The van der Waals surface area contributed by atoms with Crippen LogP contribution in [-0.4, -0.2) is 26.6 Å². The topological polar surface area (TPSA) is 78.2 Å². The average Bonchev–Trinajstić information content (AvgIpc) is 2.98. The lowest BCUT2D eigenvalue weighted by Crippen LogP contribution is -2.32. The van der Waals surface area contributed by atoms with Crippen LogP contribution in [0.5, 0.6) is 5.88 Å². The number of carbonyl (C=O) groups excluding carboxylic acids is 1. The van der Waals surface area contributed by atoms with Gasteiger partial charge in [0.05, 0.1) is 17.6 Å². The van der Waals surface area contributed by atoms with Gasteiger partial charge >= 0.3 is 5.69 Å². The molecule has 1 aromatic carbocycles. The van der Waals surface area contributed by atoms with E-state index in [0.717, 1.165) is 29.4 Å². The first kappa shape index (κ1) is 19.7. The average molecular weight is 382 g/mol. The number of imidazole rings is 1. The third kappa shape index (κ3) is 4.24. The van der Waals surface area contributed by atoms with Crippen molar-refractivity contribution in [2.24, 2.45) is 0 Å². The molecule has 1 amide bonds. The number of hydrogen-bond donors (Lipinski definition) is 1. The van der Waals surface area contributed by atoms with Crippen molar-refractivity contribution in [3.63, 3.8) is 0 Å². The summed E-state index contributed by atoms with van der Waals surface area (Å²) in [5, 5.41) is 2.87. The molecule has 0 aliphatic heterocycles. The predicted molar refractivity (Wildman–Crippen MR) is 108 cm³/mol. The minimum atomic E-state index is -0.232. The van der Waals surface area contributed by atoms with Gasteiger partial charge in [0.1, 0.15) is 6.54 Å². The number of rotatable bonds is 9. The number of pyridine rings is 1. The van der Waals surface area contributed by atoms with Crippen LogP contribution >= 0.6 is 0 Å². The molecule has 0 aliphatic rings. The lowest BCUT2D eigenvalue weighted by molar-refractivity contribution is -0.121. The van der Waals surface area contributed by atoms with E-state index in [4.69, 9.17) is 4.74 Å². The predicted octanol–water partition coefficient (Wildman–Crippen LogP) is 2.71. The fraction of sp³-hybridized carbons (Fsp3) is 0.381. The Labute approximate surface area is 164 Å². The van der Waals surface area contributed by atoms with Crippen molar-refractivity contribution in [1.29, 1.82) is 0 Å². The van der Waals surface area contributed by atoms with Crippen molar-refractivity contribution in [3.05, 3.63) is 58.6 Å². The van der Waals surface area contributed by atoms with Crippen molar-refractivity contribution in [3.8, 4) is 5.88 Å². The first-order valence-corrected chi connectivity index (χ1v) is 9.67. The number of aromatic nitrogens is 3. The van der Waals surface area contributed by atoms with Gasteiger partial charge in [-0.25, -0.2) is 9.78 Å². The molecule has 0 unspecified atom stereocenters. The highest BCUT2D eigenvalue weighted by molar-refractivity contribution is 5.81.